The number of hydrogen-bond acceptors (Lipinski definition) is 3. The fourth-order valence-electron chi connectivity index (χ4n) is 1.92. The number of ether oxygens (including phenoxy) is 1. The zero-order valence-corrected chi connectivity index (χ0v) is 10.8. The topological polar surface area (TPSA) is 59.4 Å². The van der Waals surface area contributed by atoms with Crippen molar-refractivity contribution < 1.29 is 4.74 Å². The number of nitrogens with one attached hydrogen (secondary N) is 1. The van der Waals surface area contributed by atoms with Crippen LogP contribution in [0.3, 0.4) is 0 Å². The lowest BCUT2D eigenvalue weighted by Crippen LogP contribution is -2.08. The highest BCUT2D eigenvalue weighted by Crippen LogP contribution is 2.30. The van der Waals surface area contributed by atoms with Crippen LogP contribution in [0.5, 0.6) is 5.75 Å². The molecule has 0 aliphatic carbocycles. The fourth-order valence-corrected chi connectivity index (χ4v) is 2.20. The van der Waals surface area contributed by atoms with E-state index in [-0.39, 0.29) is 5.69 Å². The first kappa shape index (κ1) is 11.8. The van der Waals surface area contributed by atoms with Gasteiger partial charge in [0.05, 0.1) is 12.1 Å². The molecule has 0 amide bonds. The van der Waals surface area contributed by atoms with Crippen LogP contribution in [0.25, 0.3) is 16.8 Å². The summed E-state index contributed by atoms with van der Waals surface area (Å²) in [6.45, 7) is 0. The van der Waals surface area contributed by atoms with E-state index in [1.54, 1.807) is 25.4 Å². The third-order valence-corrected chi connectivity index (χ3v) is 3.21. The van der Waals surface area contributed by atoms with Gasteiger partial charge in [0.15, 0.2) is 5.65 Å². The summed E-state index contributed by atoms with van der Waals surface area (Å²) in [4.78, 5) is 11.5. The SMILES string of the molecule is COc1ccc(-c2ccc3n[nH]c(=O)n3c2)c(Cl)c1. The molecule has 0 saturated heterocycles. The van der Waals surface area contributed by atoms with E-state index in [0.717, 1.165) is 11.1 Å². The lowest BCUT2D eigenvalue weighted by molar-refractivity contribution is 0.415. The Morgan fingerprint density at radius 2 is 2.16 bits per heavy atom. The summed E-state index contributed by atoms with van der Waals surface area (Å²) in [6.07, 6.45) is 1.70. The molecule has 3 rings (SSSR count). The summed E-state index contributed by atoms with van der Waals surface area (Å²) < 4.78 is 6.55. The normalized spacial score (nSPS) is 10.8. The highest BCUT2D eigenvalue weighted by molar-refractivity contribution is 6.33. The molecule has 5 nitrogen and oxygen atoms in total. The molecule has 2 aromatic heterocycles. The minimum Gasteiger partial charge on any atom is -0.497 e. The van der Waals surface area contributed by atoms with Crippen molar-refractivity contribution in [2.24, 2.45) is 0 Å². The molecular formula is C13H10ClN3O2. The first-order chi connectivity index (χ1) is 9.19. The highest BCUT2D eigenvalue weighted by Gasteiger charge is 2.07. The molecule has 0 aliphatic heterocycles. The predicted molar refractivity (Wildman–Crippen MR) is 72.8 cm³/mol. The number of H-pyrrole nitrogens is 1. The van der Waals surface area contributed by atoms with Crippen molar-refractivity contribution in [2.75, 3.05) is 7.11 Å². The molecule has 0 unspecified atom stereocenters. The van der Waals surface area contributed by atoms with Gasteiger partial charge in [-0.15, -0.1) is 0 Å². The number of pyridine rings is 1. The Morgan fingerprint density at radius 3 is 2.89 bits per heavy atom. The Morgan fingerprint density at radius 1 is 1.32 bits per heavy atom. The number of hydrogen-bond donors (Lipinski definition) is 1. The van der Waals surface area contributed by atoms with Crippen LogP contribution in [0.1, 0.15) is 0 Å². The smallest absolute Gasteiger partial charge is 0.347 e. The Bertz CT molecular complexity index is 807. The molecule has 0 saturated carbocycles. The second-order valence-electron chi connectivity index (χ2n) is 4.02. The van der Waals surface area contributed by atoms with Crippen LogP contribution in [0.2, 0.25) is 5.02 Å². The number of fused-ring (bicyclic) bond motifs is 1. The van der Waals surface area contributed by atoms with Crippen molar-refractivity contribution in [1.82, 2.24) is 14.6 Å². The van der Waals surface area contributed by atoms with Crippen molar-refractivity contribution in [3.63, 3.8) is 0 Å². The molecule has 0 fully saturated rings. The summed E-state index contributed by atoms with van der Waals surface area (Å²) in [6, 6.07) is 9.04. The standard InChI is InChI=1S/C13H10ClN3O2/c1-19-9-3-4-10(11(14)6-9)8-2-5-12-15-16-13(18)17(12)7-8/h2-7H,1H3,(H,16,18). The number of rotatable bonds is 2. The van der Waals surface area contributed by atoms with Crippen LogP contribution in [0.15, 0.2) is 41.3 Å². The summed E-state index contributed by atoms with van der Waals surface area (Å²) in [7, 11) is 1.59. The third kappa shape index (κ3) is 1.98. The summed E-state index contributed by atoms with van der Waals surface area (Å²) in [5.41, 5.74) is 1.96. The maximum atomic E-state index is 11.5. The molecule has 0 aliphatic rings. The average Bonchev–Trinajstić information content (AvgIpc) is 2.80. The van der Waals surface area contributed by atoms with Gasteiger partial charge in [-0.25, -0.2) is 14.3 Å². The van der Waals surface area contributed by atoms with Crippen LogP contribution in [0.4, 0.5) is 0 Å². The molecule has 0 atom stereocenters. The van der Waals surface area contributed by atoms with E-state index in [2.05, 4.69) is 10.2 Å². The quantitative estimate of drug-likeness (QED) is 0.781. The van der Waals surface area contributed by atoms with Gasteiger partial charge in [-0.1, -0.05) is 11.6 Å². The molecular weight excluding hydrogens is 266 g/mol. The molecule has 19 heavy (non-hydrogen) atoms. The maximum absolute atomic E-state index is 11.5. The van der Waals surface area contributed by atoms with Crippen molar-refractivity contribution in [3.05, 3.63) is 52.0 Å². The second kappa shape index (κ2) is 4.44. The molecule has 1 N–H and O–H groups in total. The number of halogens is 1. The maximum Gasteiger partial charge on any atom is 0.347 e. The van der Waals surface area contributed by atoms with E-state index in [1.165, 1.54) is 4.40 Å². The molecule has 2 heterocycles. The Kier molecular flexibility index (Phi) is 2.76. The summed E-state index contributed by atoms with van der Waals surface area (Å²) >= 11 is 6.22. The molecule has 0 bridgehead atoms. The largest absolute Gasteiger partial charge is 0.497 e. The first-order valence-electron chi connectivity index (χ1n) is 5.60. The van der Waals surface area contributed by atoms with Crippen molar-refractivity contribution >= 4 is 17.2 Å². The number of methoxy groups -OCH3 is 1. The Hall–Kier alpha value is -2.27. The van der Waals surface area contributed by atoms with Gasteiger partial charge in [0.25, 0.3) is 0 Å². The molecule has 96 valence electrons. The van der Waals surface area contributed by atoms with Crippen LogP contribution in [0, 0.1) is 0 Å². The van der Waals surface area contributed by atoms with Crippen molar-refractivity contribution in [3.8, 4) is 16.9 Å². The Balaban J connectivity index is 2.18. The molecule has 6 heteroatoms. The van der Waals surface area contributed by atoms with Crippen molar-refractivity contribution in [1.29, 1.82) is 0 Å². The number of aromatic amines is 1. The van der Waals surface area contributed by atoms with Gasteiger partial charge in [0.1, 0.15) is 5.75 Å². The Labute approximate surface area is 113 Å². The van der Waals surface area contributed by atoms with E-state index < -0.39 is 0 Å². The van der Waals surface area contributed by atoms with Gasteiger partial charge in [-0.05, 0) is 30.3 Å². The first-order valence-corrected chi connectivity index (χ1v) is 5.97. The highest BCUT2D eigenvalue weighted by atomic mass is 35.5. The summed E-state index contributed by atoms with van der Waals surface area (Å²) in [5, 5.41) is 6.83. The lowest BCUT2D eigenvalue weighted by Gasteiger charge is -2.07. The third-order valence-electron chi connectivity index (χ3n) is 2.90. The van der Waals surface area contributed by atoms with E-state index in [4.69, 9.17) is 16.3 Å². The molecule has 0 spiro atoms. The van der Waals surface area contributed by atoms with E-state index in [9.17, 15) is 4.79 Å². The van der Waals surface area contributed by atoms with Crippen molar-refractivity contribution in [2.45, 2.75) is 0 Å². The number of nitrogens with zero attached hydrogens (tertiary/aromatic N) is 2. The minimum absolute atomic E-state index is 0.276. The van der Waals surface area contributed by atoms with Crippen LogP contribution >= 0.6 is 11.6 Å². The van der Waals surface area contributed by atoms with Gasteiger partial charge < -0.3 is 4.74 Å². The number of benzene rings is 1. The average molecular weight is 276 g/mol. The molecule has 3 aromatic rings. The second-order valence-corrected chi connectivity index (χ2v) is 4.43. The van der Waals surface area contributed by atoms with Crippen LogP contribution in [-0.2, 0) is 0 Å². The monoisotopic (exact) mass is 275 g/mol. The summed E-state index contributed by atoms with van der Waals surface area (Å²) in [5.74, 6) is 0.690. The molecule has 1 aromatic carbocycles. The minimum atomic E-state index is -0.276. The van der Waals surface area contributed by atoms with E-state index in [0.29, 0.717) is 16.4 Å². The van der Waals surface area contributed by atoms with Gasteiger partial charge in [-0.3, -0.25) is 0 Å². The molecule has 0 radical (unpaired) electrons. The van der Waals surface area contributed by atoms with E-state index in [1.807, 2.05) is 18.2 Å². The van der Waals surface area contributed by atoms with Gasteiger partial charge in [-0.2, -0.15) is 5.10 Å². The van der Waals surface area contributed by atoms with Gasteiger partial charge in [0.2, 0.25) is 0 Å². The van der Waals surface area contributed by atoms with Crippen LogP contribution in [-0.4, -0.2) is 21.7 Å². The van der Waals surface area contributed by atoms with E-state index >= 15 is 0 Å². The number of aromatic nitrogens is 3. The van der Waals surface area contributed by atoms with Gasteiger partial charge >= 0.3 is 5.69 Å². The lowest BCUT2D eigenvalue weighted by atomic mass is 10.1. The zero-order chi connectivity index (χ0) is 13.4. The zero-order valence-electron chi connectivity index (χ0n) is 10.1. The van der Waals surface area contributed by atoms with Gasteiger partial charge in [0, 0.05) is 17.3 Å². The predicted octanol–water partition coefficient (Wildman–Crippen LogP) is 2.35. The fraction of sp³-hybridized carbons (Fsp3) is 0.0769. The van der Waals surface area contributed by atoms with Crippen LogP contribution < -0.4 is 10.4 Å².